The maximum atomic E-state index is 12.6. The Hall–Kier alpha value is -3.52. The summed E-state index contributed by atoms with van der Waals surface area (Å²) in [6.45, 7) is 1.32. The van der Waals surface area contributed by atoms with Crippen LogP contribution < -0.4 is 19.5 Å². The third-order valence-electron chi connectivity index (χ3n) is 5.72. The van der Waals surface area contributed by atoms with Gasteiger partial charge in [0.15, 0.2) is 21.3 Å². The average Bonchev–Trinajstić information content (AvgIpc) is 3.25. The topological polar surface area (TPSA) is 90.9 Å². The van der Waals surface area contributed by atoms with Crippen molar-refractivity contribution in [3.63, 3.8) is 0 Å². The Morgan fingerprint density at radius 2 is 1.76 bits per heavy atom. The highest BCUT2D eigenvalue weighted by Crippen LogP contribution is 2.39. The second kappa shape index (κ2) is 8.44. The Morgan fingerprint density at radius 3 is 2.52 bits per heavy atom. The maximum Gasteiger partial charge on any atom is 0.251 e. The Morgan fingerprint density at radius 1 is 1.00 bits per heavy atom. The number of carbonyl (C=O) groups is 1. The van der Waals surface area contributed by atoms with Crippen LogP contribution in [-0.4, -0.2) is 46.4 Å². The van der Waals surface area contributed by atoms with Gasteiger partial charge in [0.25, 0.3) is 5.91 Å². The summed E-state index contributed by atoms with van der Waals surface area (Å²) >= 11 is 0. The van der Waals surface area contributed by atoms with E-state index in [1.165, 1.54) is 6.26 Å². The number of carbonyl (C=O) groups excluding carboxylic acids is 1. The SMILES string of the molecule is CS(=O)(=O)c1ccc(-c2cccc3c2OC(CNC(=O)c2ccc4c(c2)OCCO4)C3)cc1. The van der Waals surface area contributed by atoms with Crippen LogP contribution in [0.4, 0.5) is 0 Å². The quantitative estimate of drug-likeness (QED) is 0.622. The standard InChI is InChI=1S/C25H23NO6S/c1-33(28,29)20-8-5-16(6-9-20)21-4-2-3-17-13-19(32-24(17)21)15-26-25(27)18-7-10-22-23(14-18)31-12-11-30-22/h2-10,14,19H,11-13,15H2,1H3,(H,26,27). The highest BCUT2D eigenvalue weighted by Gasteiger charge is 2.26. The normalized spacial score (nSPS) is 16.6. The number of amides is 1. The van der Waals surface area contributed by atoms with Crippen LogP contribution in [0.1, 0.15) is 15.9 Å². The minimum absolute atomic E-state index is 0.197. The molecule has 1 amide bonds. The number of sulfone groups is 1. The lowest BCUT2D eigenvalue weighted by molar-refractivity contribution is 0.0932. The van der Waals surface area contributed by atoms with Crippen molar-refractivity contribution >= 4 is 15.7 Å². The van der Waals surface area contributed by atoms with Gasteiger partial charge in [-0.2, -0.15) is 0 Å². The van der Waals surface area contributed by atoms with E-state index in [2.05, 4.69) is 5.32 Å². The molecule has 1 unspecified atom stereocenters. The fourth-order valence-corrected chi connectivity index (χ4v) is 4.68. The number of nitrogens with one attached hydrogen (secondary N) is 1. The van der Waals surface area contributed by atoms with Gasteiger partial charge in [0, 0.05) is 23.8 Å². The van der Waals surface area contributed by atoms with Crippen LogP contribution in [0.5, 0.6) is 17.2 Å². The lowest BCUT2D eigenvalue weighted by atomic mass is 10.0. The second-order valence-corrected chi connectivity index (χ2v) is 10.1. The van der Waals surface area contributed by atoms with Crippen LogP contribution in [0.25, 0.3) is 11.1 Å². The smallest absolute Gasteiger partial charge is 0.251 e. The van der Waals surface area contributed by atoms with Crippen LogP contribution in [-0.2, 0) is 16.3 Å². The van der Waals surface area contributed by atoms with E-state index < -0.39 is 9.84 Å². The highest BCUT2D eigenvalue weighted by atomic mass is 32.2. The molecule has 0 saturated heterocycles. The van der Waals surface area contributed by atoms with Gasteiger partial charge >= 0.3 is 0 Å². The molecule has 2 heterocycles. The molecule has 0 fully saturated rings. The zero-order valence-corrected chi connectivity index (χ0v) is 18.9. The van der Waals surface area contributed by atoms with Gasteiger partial charge in [-0.25, -0.2) is 8.42 Å². The first-order valence-electron chi connectivity index (χ1n) is 10.7. The second-order valence-electron chi connectivity index (χ2n) is 8.10. The third kappa shape index (κ3) is 4.39. The Bertz CT molecular complexity index is 1320. The van der Waals surface area contributed by atoms with Gasteiger partial charge in [-0.3, -0.25) is 4.79 Å². The summed E-state index contributed by atoms with van der Waals surface area (Å²) in [7, 11) is -3.25. The Balaban J connectivity index is 1.27. The number of rotatable bonds is 5. The molecule has 3 aromatic rings. The molecule has 0 bridgehead atoms. The fourth-order valence-electron chi connectivity index (χ4n) is 4.05. The molecule has 0 saturated carbocycles. The highest BCUT2D eigenvalue weighted by molar-refractivity contribution is 7.90. The molecule has 0 radical (unpaired) electrons. The number of hydrogen-bond acceptors (Lipinski definition) is 6. The Labute approximate surface area is 192 Å². The molecule has 0 spiro atoms. The molecular weight excluding hydrogens is 442 g/mol. The van der Waals surface area contributed by atoms with E-state index in [1.54, 1.807) is 42.5 Å². The van der Waals surface area contributed by atoms with Crippen molar-refractivity contribution in [1.29, 1.82) is 0 Å². The summed E-state index contributed by atoms with van der Waals surface area (Å²) in [6.07, 6.45) is 1.67. The first kappa shape index (κ1) is 21.3. The molecule has 0 aromatic heterocycles. The molecule has 33 heavy (non-hydrogen) atoms. The summed E-state index contributed by atoms with van der Waals surface area (Å²) in [6, 6.07) is 17.8. The summed E-state index contributed by atoms with van der Waals surface area (Å²) in [5.74, 6) is 1.78. The molecule has 1 N–H and O–H groups in total. The molecule has 8 heteroatoms. The zero-order valence-electron chi connectivity index (χ0n) is 18.0. The van der Waals surface area contributed by atoms with Crippen LogP contribution >= 0.6 is 0 Å². The van der Waals surface area contributed by atoms with Crippen molar-refractivity contribution in [1.82, 2.24) is 5.32 Å². The molecule has 5 rings (SSSR count). The Kier molecular flexibility index (Phi) is 5.46. The predicted molar refractivity (Wildman–Crippen MR) is 123 cm³/mol. The lowest BCUT2D eigenvalue weighted by Crippen LogP contribution is -2.34. The van der Waals surface area contributed by atoms with Gasteiger partial charge in [-0.1, -0.05) is 30.3 Å². The first-order chi connectivity index (χ1) is 15.9. The van der Waals surface area contributed by atoms with Gasteiger partial charge < -0.3 is 19.5 Å². The van der Waals surface area contributed by atoms with E-state index in [-0.39, 0.29) is 16.9 Å². The molecule has 170 valence electrons. The summed E-state index contributed by atoms with van der Waals surface area (Å²) < 4.78 is 40.7. The maximum absolute atomic E-state index is 12.6. The average molecular weight is 466 g/mol. The van der Waals surface area contributed by atoms with Crippen molar-refractivity contribution in [3.8, 4) is 28.4 Å². The van der Waals surface area contributed by atoms with Gasteiger partial charge in [0.2, 0.25) is 0 Å². The van der Waals surface area contributed by atoms with E-state index >= 15 is 0 Å². The van der Waals surface area contributed by atoms with Crippen LogP contribution in [0.3, 0.4) is 0 Å². The van der Waals surface area contributed by atoms with E-state index in [4.69, 9.17) is 14.2 Å². The molecule has 2 aliphatic heterocycles. The van der Waals surface area contributed by atoms with E-state index in [0.717, 1.165) is 22.4 Å². The van der Waals surface area contributed by atoms with E-state index in [9.17, 15) is 13.2 Å². The lowest BCUT2D eigenvalue weighted by Gasteiger charge is -2.19. The van der Waals surface area contributed by atoms with Crippen molar-refractivity contribution in [2.24, 2.45) is 0 Å². The zero-order chi connectivity index (χ0) is 23.0. The number of hydrogen-bond donors (Lipinski definition) is 1. The van der Waals surface area contributed by atoms with Crippen LogP contribution in [0.2, 0.25) is 0 Å². The molecule has 0 aliphatic carbocycles. The van der Waals surface area contributed by atoms with Crippen molar-refractivity contribution in [2.45, 2.75) is 17.4 Å². The largest absolute Gasteiger partial charge is 0.487 e. The number of ether oxygens (including phenoxy) is 3. The van der Waals surface area contributed by atoms with Gasteiger partial charge in [0.1, 0.15) is 25.1 Å². The van der Waals surface area contributed by atoms with Crippen molar-refractivity contribution in [3.05, 3.63) is 71.8 Å². The summed E-state index contributed by atoms with van der Waals surface area (Å²) in [4.78, 5) is 12.9. The van der Waals surface area contributed by atoms with E-state index in [1.807, 2.05) is 18.2 Å². The molecular formula is C25H23NO6S. The van der Waals surface area contributed by atoms with Gasteiger partial charge in [-0.15, -0.1) is 0 Å². The molecule has 3 aromatic carbocycles. The minimum Gasteiger partial charge on any atom is -0.487 e. The third-order valence-corrected chi connectivity index (χ3v) is 6.85. The number of para-hydroxylation sites is 1. The van der Waals surface area contributed by atoms with Crippen LogP contribution in [0, 0.1) is 0 Å². The predicted octanol–water partition coefficient (Wildman–Crippen LogP) is 3.26. The minimum atomic E-state index is -3.25. The first-order valence-corrected chi connectivity index (χ1v) is 12.5. The number of benzene rings is 3. The molecule has 2 aliphatic rings. The molecule has 1 atom stereocenters. The van der Waals surface area contributed by atoms with Crippen molar-refractivity contribution in [2.75, 3.05) is 26.0 Å². The van der Waals surface area contributed by atoms with E-state index in [0.29, 0.717) is 43.2 Å². The van der Waals surface area contributed by atoms with Crippen molar-refractivity contribution < 1.29 is 27.4 Å². The van der Waals surface area contributed by atoms with Gasteiger partial charge in [-0.05, 0) is 41.5 Å². The number of fused-ring (bicyclic) bond motifs is 2. The van der Waals surface area contributed by atoms with Gasteiger partial charge in [0.05, 0.1) is 11.4 Å². The summed E-state index contributed by atoms with van der Waals surface area (Å²) in [5.41, 5.74) is 3.33. The molecule has 7 nitrogen and oxygen atoms in total. The van der Waals surface area contributed by atoms with Crippen LogP contribution in [0.15, 0.2) is 65.6 Å². The fraction of sp³-hybridized carbons (Fsp3) is 0.240. The monoisotopic (exact) mass is 465 g/mol. The summed E-state index contributed by atoms with van der Waals surface area (Å²) in [5, 5.41) is 2.94.